The molecular formula is C23H20N2O3. The number of benzene rings is 3. The van der Waals surface area contributed by atoms with Crippen LogP contribution < -0.4 is 9.64 Å². The van der Waals surface area contributed by atoms with Crippen molar-refractivity contribution in [2.45, 2.75) is 25.0 Å². The summed E-state index contributed by atoms with van der Waals surface area (Å²) in [6.45, 7) is 4.14. The van der Waals surface area contributed by atoms with Gasteiger partial charge < -0.3 is 14.7 Å². The summed E-state index contributed by atoms with van der Waals surface area (Å²) in [5, 5.41) is 11.6. The largest absolute Gasteiger partial charge is 0.478 e. The monoisotopic (exact) mass is 372 g/mol. The van der Waals surface area contributed by atoms with Gasteiger partial charge in [-0.2, -0.15) is 0 Å². The lowest BCUT2D eigenvalue weighted by Crippen LogP contribution is -2.61. The lowest BCUT2D eigenvalue weighted by Gasteiger charge is -2.45. The Kier molecular flexibility index (Phi) is 3.21. The van der Waals surface area contributed by atoms with E-state index in [0.29, 0.717) is 0 Å². The molecule has 0 fully saturated rings. The smallest absolute Gasteiger partial charge is 0.335 e. The molecule has 3 aromatic carbocycles. The molecule has 2 heterocycles. The Hall–Kier alpha value is -3.34. The van der Waals surface area contributed by atoms with Crippen molar-refractivity contribution >= 4 is 34.3 Å². The van der Waals surface area contributed by atoms with Crippen LogP contribution in [-0.2, 0) is 5.41 Å². The Balaban J connectivity index is 1.69. The minimum atomic E-state index is -0.933. The number of anilines is 1. The number of hydrogen-bond acceptors (Lipinski definition) is 4. The van der Waals surface area contributed by atoms with E-state index < -0.39 is 17.1 Å². The number of likely N-dealkylation sites (N-methyl/N-ethyl adjacent to an activating group) is 1. The molecule has 2 aliphatic heterocycles. The molecule has 0 saturated heterocycles. The molecule has 5 heteroatoms. The summed E-state index contributed by atoms with van der Waals surface area (Å²) in [4.78, 5) is 18.4. The van der Waals surface area contributed by atoms with Crippen LogP contribution in [0.15, 0.2) is 59.6 Å². The fourth-order valence-corrected chi connectivity index (χ4v) is 4.49. The van der Waals surface area contributed by atoms with Crippen LogP contribution in [-0.4, -0.2) is 30.1 Å². The maximum absolute atomic E-state index is 11.5. The van der Waals surface area contributed by atoms with Gasteiger partial charge in [0.25, 0.3) is 0 Å². The maximum Gasteiger partial charge on any atom is 0.335 e. The molecule has 1 N–H and O–H groups in total. The summed E-state index contributed by atoms with van der Waals surface area (Å²) in [6, 6.07) is 17.3. The van der Waals surface area contributed by atoms with Crippen molar-refractivity contribution in [3.63, 3.8) is 0 Å². The standard InChI is InChI=1S/C23H20N2O3/c1-22(2)17-12-15(21(26)27)8-10-18(17)25(3)23(22)13-24-20-16-7-5-4-6-14(16)9-11-19(20)28-23/h4-13H,1-3H3,(H,26,27). The summed E-state index contributed by atoms with van der Waals surface area (Å²) < 4.78 is 6.63. The van der Waals surface area contributed by atoms with Gasteiger partial charge in [0.05, 0.1) is 17.2 Å². The van der Waals surface area contributed by atoms with Gasteiger partial charge in [0.1, 0.15) is 11.4 Å². The van der Waals surface area contributed by atoms with Crippen molar-refractivity contribution in [2.24, 2.45) is 4.99 Å². The van der Waals surface area contributed by atoms with Gasteiger partial charge in [0, 0.05) is 18.1 Å². The highest BCUT2D eigenvalue weighted by Crippen LogP contribution is 2.54. The van der Waals surface area contributed by atoms with Crippen molar-refractivity contribution in [3.05, 3.63) is 65.7 Å². The van der Waals surface area contributed by atoms with Crippen LogP contribution >= 0.6 is 0 Å². The fourth-order valence-electron chi connectivity index (χ4n) is 4.49. The molecule has 5 nitrogen and oxygen atoms in total. The molecule has 0 aromatic heterocycles. The minimum absolute atomic E-state index is 0.274. The number of nitrogens with zero attached hydrogens (tertiary/aromatic N) is 2. The average Bonchev–Trinajstić information content (AvgIpc) is 2.86. The van der Waals surface area contributed by atoms with E-state index in [1.807, 2.05) is 49.7 Å². The van der Waals surface area contributed by atoms with Crippen molar-refractivity contribution in [1.82, 2.24) is 0 Å². The van der Waals surface area contributed by atoms with Gasteiger partial charge in [-0.1, -0.05) is 30.3 Å². The van der Waals surface area contributed by atoms with Gasteiger partial charge >= 0.3 is 5.97 Å². The summed E-state index contributed by atoms with van der Waals surface area (Å²) in [5.41, 5.74) is 1.65. The first-order chi connectivity index (χ1) is 13.3. The SMILES string of the molecule is CN1c2ccc(C(=O)O)cc2C(C)(C)C12C=Nc1c(ccc3ccccc13)O2. The van der Waals surface area contributed by atoms with Gasteiger partial charge in [-0.3, -0.25) is 4.99 Å². The minimum Gasteiger partial charge on any atom is -0.478 e. The molecule has 1 spiro atoms. The van der Waals surface area contributed by atoms with Crippen LogP contribution in [0, 0.1) is 0 Å². The summed E-state index contributed by atoms with van der Waals surface area (Å²) in [6.07, 6.45) is 1.86. The zero-order valence-corrected chi connectivity index (χ0v) is 15.9. The van der Waals surface area contributed by atoms with Crippen molar-refractivity contribution in [1.29, 1.82) is 0 Å². The number of aliphatic imine (C=N–C) groups is 1. The summed E-state index contributed by atoms with van der Waals surface area (Å²) in [5.74, 6) is -0.204. The van der Waals surface area contributed by atoms with E-state index >= 15 is 0 Å². The van der Waals surface area contributed by atoms with Crippen LogP contribution in [0.25, 0.3) is 10.8 Å². The number of hydrogen-bond donors (Lipinski definition) is 1. The molecule has 0 aliphatic carbocycles. The highest BCUT2D eigenvalue weighted by molar-refractivity contribution is 6.00. The number of ether oxygens (including phenoxy) is 1. The number of carboxylic acid groups (broad SMARTS) is 1. The van der Waals surface area contributed by atoms with Crippen LogP contribution in [0.3, 0.4) is 0 Å². The highest BCUT2D eigenvalue weighted by atomic mass is 16.5. The predicted octanol–water partition coefficient (Wildman–Crippen LogP) is 4.76. The van der Waals surface area contributed by atoms with E-state index in [0.717, 1.165) is 33.5 Å². The Labute approximate surface area is 162 Å². The van der Waals surface area contributed by atoms with Crippen LogP contribution in [0.1, 0.15) is 29.8 Å². The topological polar surface area (TPSA) is 62.1 Å². The molecule has 0 saturated carbocycles. The van der Waals surface area contributed by atoms with Crippen LogP contribution in [0.4, 0.5) is 11.4 Å². The summed E-state index contributed by atoms with van der Waals surface area (Å²) in [7, 11) is 1.96. The Morgan fingerprint density at radius 1 is 1.11 bits per heavy atom. The van der Waals surface area contributed by atoms with E-state index in [2.05, 4.69) is 24.8 Å². The van der Waals surface area contributed by atoms with Crippen molar-refractivity contribution in [2.75, 3.05) is 11.9 Å². The quantitative estimate of drug-likeness (QED) is 0.669. The second-order valence-corrected chi connectivity index (χ2v) is 7.91. The molecule has 140 valence electrons. The maximum atomic E-state index is 11.5. The highest BCUT2D eigenvalue weighted by Gasteiger charge is 2.58. The number of carboxylic acids is 1. The third-order valence-corrected chi connectivity index (χ3v) is 6.17. The fraction of sp³-hybridized carbons (Fsp3) is 0.217. The lowest BCUT2D eigenvalue weighted by atomic mass is 9.77. The molecule has 28 heavy (non-hydrogen) atoms. The third-order valence-electron chi connectivity index (χ3n) is 6.17. The first-order valence-corrected chi connectivity index (χ1v) is 9.23. The lowest BCUT2D eigenvalue weighted by molar-refractivity contribution is 0.0695. The number of carbonyl (C=O) groups is 1. The zero-order chi connectivity index (χ0) is 19.7. The molecular weight excluding hydrogens is 352 g/mol. The third kappa shape index (κ3) is 1.96. The summed E-state index contributed by atoms with van der Waals surface area (Å²) >= 11 is 0. The second-order valence-electron chi connectivity index (χ2n) is 7.91. The molecule has 1 atom stereocenters. The number of rotatable bonds is 1. The molecule has 0 radical (unpaired) electrons. The Morgan fingerprint density at radius 3 is 2.68 bits per heavy atom. The number of aromatic carboxylic acids is 1. The van der Waals surface area contributed by atoms with E-state index in [4.69, 9.17) is 9.73 Å². The average molecular weight is 372 g/mol. The van der Waals surface area contributed by atoms with Gasteiger partial charge in [-0.05, 0) is 49.1 Å². The first kappa shape index (κ1) is 16.8. The van der Waals surface area contributed by atoms with Crippen LogP contribution in [0.2, 0.25) is 0 Å². The molecule has 0 bridgehead atoms. The number of fused-ring (bicyclic) bond motifs is 4. The van der Waals surface area contributed by atoms with Gasteiger partial charge in [0.15, 0.2) is 0 Å². The molecule has 5 rings (SSSR count). The Bertz CT molecular complexity index is 1180. The first-order valence-electron chi connectivity index (χ1n) is 9.23. The van der Waals surface area contributed by atoms with Crippen molar-refractivity contribution < 1.29 is 14.6 Å². The van der Waals surface area contributed by atoms with Gasteiger partial charge in [-0.15, -0.1) is 0 Å². The van der Waals surface area contributed by atoms with E-state index in [-0.39, 0.29) is 5.56 Å². The molecule has 3 aromatic rings. The molecule has 1 unspecified atom stereocenters. The van der Waals surface area contributed by atoms with Gasteiger partial charge in [0.2, 0.25) is 5.72 Å². The Morgan fingerprint density at radius 2 is 1.89 bits per heavy atom. The normalized spacial score (nSPS) is 21.5. The molecule has 2 aliphatic rings. The van der Waals surface area contributed by atoms with Crippen LogP contribution in [0.5, 0.6) is 5.75 Å². The van der Waals surface area contributed by atoms with E-state index in [1.165, 1.54) is 0 Å². The van der Waals surface area contributed by atoms with E-state index in [9.17, 15) is 9.90 Å². The molecule has 0 amide bonds. The predicted molar refractivity (Wildman–Crippen MR) is 110 cm³/mol. The van der Waals surface area contributed by atoms with E-state index in [1.54, 1.807) is 12.1 Å². The second kappa shape index (κ2) is 5.35. The zero-order valence-electron chi connectivity index (χ0n) is 15.9. The van der Waals surface area contributed by atoms with Crippen molar-refractivity contribution in [3.8, 4) is 5.75 Å². The van der Waals surface area contributed by atoms with Gasteiger partial charge in [-0.25, -0.2) is 4.79 Å².